The average molecular weight is 399 g/mol. The van der Waals surface area contributed by atoms with Crippen LogP contribution < -0.4 is 4.90 Å². The number of aromatic nitrogens is 1. The van der Waals surface area contributed by atoms with Gasteiger partial charge in [0, 0.05) is 30.5 Å². The first kappa shape index (κ1) is 18.9. The molecule has 0 unspecified atom stereocenters. The number of fused-ring (bicyclic) bond motifs is 1. The quantitative estimate of drug-likeness (QED) is 0.538. The van der Waals surface area contributed by atoms with Gasteiger partial charge in [-0.2, -0.15) is 0 Å². The minimum atomic E-state index is -0.298. The van der Waals surface area contributed by atoms with E-state index in [1.165, 1.54) is 42.5 Å². The molecule has 4 nitrogen and oxygen atoms in total. The number of rotatable bonds is 5. The van der Waals surface area contributed by atoms with Gasteiger partial charge in [0.2, 0.25) is 0 Å². The van der Waals surface area contributed by atoms with Crippen molar-refractivity contribution >= 4 is 17.3 Å². The van der Waals surface area contributed by atoms with Crippen LogP contribution in [-0.4, -0.2) is 24.6 Å². The second-order valence-corrected chi connectivity index (χ2v) is 8.26. The molecule has 152 valence electrons. The van der Waals surface area contributed by atoms with Gasteiger partial charge in [-0.25, -0.2) is 4.79 Å². The Morgan fingerprint density at radius 1 is 1.13 bits per heavy atom. The molecule has 30 heavy (non-hydrogen) atoms. The van der Waals surface area contributed by atoms with Crippen LogP contribution in [0.2, 0.25) is 0 Å². The summed E-state index contributed by atoms with van der Waals surface area (Å²) in [6.45, 7) is 1.03. The van der Waals surface area contributed by atoms with E-state index in [1.54, 1.807) is 0 Å². The number of esters is 1. The zero-order valence-corrected chi connectivity index (χ0v) is 17.3. The fourth-order valence-electron chi connectivity index (χ4n) is 4.41. The molecule has 0 radical (unpaired) electrons. The summed E-state index contributed by atoms with van der Waals surface area (Å²) in [7, 11) is 1.44. The standard InChI is InChI=1S/C26H26N2O2/c1-30-26(29)23-16-21(19-10-11-19)17-27-24(23)15-18-9-12-25-20(14-18)6-5-13-28(25)22-7-3-2-4-8-22/h2-4,7-9,12,14,16-17,19H,5-6,10-11,13,15H2,1H3. The third-order valence-corrected chi connectivity index (χ3v) is 6.15. The van der Waals surface area contributed by atoms with Crippen LogP contribution in [0.25, 0.3) is 0 Å². The number of methoxy groups -OCH3 is 1. The van der Waals surface area contributed by atoms with Gasteiger partial charge in [0.25, 0.3) is 0 Å². The van der Waals surface area contributed by atoms with Gasteiger partial charge >= 0.3 is 5.97 Å². The lowest BCUT2D eigenvalue weighted by atomic mass is 9.95. The van der Waals surface area contributed by atoms with Gasteiger partial charge in [0.15, 0.2) is 0 Å². The number of carbonyl (C=O) groups excluding carboxylic acids is 1. The summed E-state index contributed by atoms with van der Waals surface area (Å²) in [5.74, 6) is 0.260. The van der Waals surface area contributed by atoms with Crippen molar-refractivity contribution in [2.24, 2.45) is 0 Å². The van der Waals surface area contributed by atoms with E-state index in [0.29, 0.717) is 17.9 Å². The van der Waals surface area contributed by atoms with E-state index in [-0.39, 0.29) is 5.97 Å². The van der Waals surface area contributed by atoms with E-state index >= 15 is 0 Å². The zero-order chi connectivity index (χ0) is 20.5. The molecular weight excluding hydrogens is 372 g/mol. The number of aryl methyl sites for hydroxylation is 1. The van der Waals surface area contributed by atoms with Crippen LogP contribution in [0.3, 0.4) is 0 Å². The topological polar surface area (TPSA) is 42.4 Å². The summed E-state index contributed by atoms with van der Waals surface area (Å²) in [5.41, 5.74) is 7.60. The number of para-hydroxylation sites is 1. The van der Waals surface area contributed by atoms with E-state index in [2.05, 4.69) is 58.4 Å². The molecule has 1 fully saturated rings. The van der Waals surface area contributed by atoms with Crippen molar-refractivity contribution in [3.05, 3.63) is 88.7 Å². The molecule has 1 saturated carbocycles. The molecule has 2 aromatic carbocycles. The predicted molar refractivity (Wildman–Crippen MR) is 119 cm³/mol. The molecule has 0 amide bonds. The molecule has 1 aliphatic heterocycles. The lowest BCUT2D eigenvalue weighted by Gasteiger charge is -2.31. The highest BCUT2D eigenvalue weighted by molar-refractivity contribution is 5.91. The van der Waals surface area contributed by atoms with E-state index in [0.717, 1.165) is 30.6 Å². The van der Waals surface area contributed by atoms with Crippen LogP contribution in [0.15, 0.2) is 60.8 Å². The number of ether oxygens (including phenoxy) is 1. The lowest BCUT2D eigenvalue weighted by molar-refractivity contribution is 0.0599. The molecule has 0 bridgehead atoms. The summed E-state index contributed by atoms with van der Waals surface area (Å²) >= 11 is 0. The first-order chi connectivity index (χ1) is 14.7. The molecule has 4 heteroatoms. The Kier molecular flexibility index (Phi) is 4.99. The van der Waals surface area contributed by atoms with E-state index in [1.807, 2.05) is 12.3 Å². The maximum atomic E-state index is 12.4. The second kappa shape index (κ2) is 7.94. The largest absolute Gasteiger partial charge is 0.465 e. The first-order valence-electron chi connectivity index (χ1n) is 10.7. The van der Waals surface area contributed by atoms with Crippen molar-refractivity contribution in [3.8, 4) is 0 Å². The molecule has 0 N–H and O–H groups in total. The third kappa shape index (κ3) is 3.70. The monoisotopic (exact) mass is 398 g/mol. The molecule has 0 saturated heterocycles. The Hall–Kier alpha value is -3.14. The molecule has 2 aliphatic rings. The van der Waals surface area contributed by atoms with Gasteiger partial charge in [-0.3, -0.25) is 4.98 Å². The van der Waals surface area contributed by atoms with Gasteiger partial charge in [-0.15, -0.1) is 0 Å². The minimum absolute atomic E-state index is 0.298. The van der Waals surface area contributed by atoms with Gasteiger partial charge in [0.1, 0.15) is 0 Å². The van der Waals surface area contributed by atoms with Crippen LogP contribution in [0, 0.1) is 0 Å². The average Bonchev–Trinajstić information content (AvgIpc) is 3.64. The Morgan fingerprint density at radius 3 is 2.73 bits per heavy atom. The van der Waals surface area contributed by atoms with Crippen molar-refractivity contribution in [3.63, 3.8) is 0 Å². The van der Waals surface area contributed by atoms with Gasteiger partial charge < -0.3 is 9.64 Å². The number of anilines is 2. The number of hydrogen-bond donors (Lipinski definition) is 0. The Balaban J connectivity index is 1.44. The van der Waals surface area contributed by atoms with Crippen LogP contribution >= 0.6 is 0 Å². The van der Waals surface area contributed by atoms with E-state index < -0.39 is 0 Å². The summed E-state index contributed by atoms with van der Waals surface area (Å²) < 4.78 is 5.04. The highest BCUT2D eigenvalue weighted by Gasteiger charge is 2.26. The van der Waals surface area contributed by atoms with Crippen molar-refractivity contribution in [2.45, 2.75) is 38.0 Å². The maximum absolute atomic E-state index is 12.4. The molecule has 0 spiro atoms. The normalized spacial score (nSPS) is 15.6. The highest BCUT2D eigenvalue weighted by atomic mass is 16.5. The number of hydrogen-bond acceptors (Lipinski definition) is 4. The van der Waals surface area contributed by atoms with Crippen molar-refractivity contribution in [1.29, 1.82) is 0 Å². The van der Waals surface area contributed by atoms with E-state index in [9.17, 15) is 4.79 Å². The van der Waals surface area contributed by atoms with Crippen LogP contribution in [0.4, 0.5) is 11.4 Å². The summed E-state index contributed by atoms with van der Waals surface area (Å²) in [5, 5.41) is 0. The lowest BCUT2D eigenvalue weighted by Crippen LogP contribution is -2.24. The van der Waals surface area contributed by atoms with Crippen LogP contribution in [0.1, 0.15) is 57.9 Å². The number of pyridine rings is 1. The fraction of sp³-hybridized carbons (Fsp3) is 0.308. The Labute approximate surface area is 177 Å². The first-order valence-corrected chi connectivity index (χ1v) is 10.7. The fourth-order valence-corrected chi connectivity index (χ4v) is 4.41. The number of carbonyl (C=O) groups is 1. The van der Waals surface area contributed by atoms with Gasteiger partial charge in [-0.05, 0) is 72.6 Å². The van der Waals surface area contributed by atoms with Crippen molar-refractivity contribution in [2.75, 3.05) is 18.6 Å². The number of nitrogens with zero attached hydrogens (tertiary/aromatic N) is 2. The van der Waals surface area contributed by atoms with Crippen LogP contribution in [-0.2, 0) is 17.6 Å². The number of benzene rings is 2. The summed E-state index contributed by atoms with van der Waals surface area (Å²) in [6.07, 6.45) is 7.15. The Bertz CT molecular complexity index is 1070. The van der Waals surface area contributed by atoms with Gasteiger partial charge in [-0.1, -0.05) is 30.3 Å². The molecular formula is C26H26N2O2. The molecule has 0 atom stereocenters. The SMILES string of the molecule is COC(=O)c1cc(C2CC2)cnc1Cc1ccc2c(c1)CCCN2c1ccccc1. The zero-order valence-electron chi connectivity index (χ0n) is 17.3. The molecule has 3 aromatic rings. The molecule has 1 aromatic heterocycles. The minimum Gasteiger partial charge on any atom is -0.465 e. The maximum Gasteiger partial charge on any atom is 0.339 e. The third-order valence-electron chi connectivity index (χ3n) is 6.15. The highest BCUT2D eigenvalue weighted by Crippen LogP contribution is 2.40. The smallest absolute Gasteiger partial charge is 0.339 e. The molecule has 2 heterocycles. The van der Waals surface area contributed by atoms with Crippen molar-refractivity contribution < 1.29 is 9.53 Å². The Morgan fingerprint density at radius 2 is 1.97 bits per heavy atom. The summed E-state index contributed by atoms with van der Waals surface area (Å²) in [4.78, 5) is 19.4. The summed E-state index contributed by atoms with van der Waals surface area (Å²) in [6, 6.07) is 19.2. The predicted octanol–water partition coefficient (Wildman–Crippen LogP) is 5.42. The van der Waals surface area contributed by atoms with Crippen molar-refractivity contribution in [1.82, 2.24) is 4.98 Å². The molecule has 5 rings (SSSR count). The van der Waals surface area contributed by atoms with E-state index in [4.69, 9.17) is 4.74 Å². The van der Waals surface area contributed by atoms with Gasteiger partial charge in [0.05, 0.1) is 18.4 Å². The van der Waals surface area contributed by atoms with Crippen LogP contribution in [0.5, 0.6) is 0 Å². The second-order valence-electron chi connectivity index (χ2n) is 8.26. The molecule has 1 aliphatic carbocycles.